The first-order chi connectivity index (χ1) is 10.0. The van der Waals surface area contributed by atoms with Crippen molar-refractivity contribution in [2.24, 2.45) is 0 Å². The molecule has 1 aromatic rings. The number of nitrogens with zero attached hydrogens (tertiary/aromatic N) is 4. The fourth-order valence-electron chi connectivity index (χ4n) is 2.32. The first-order valence-corrected chi connectivity index (χ1v) is 7.27. The summed E-state index contributed by atoms with van der Waals surface area (Å²) in [5.41, 5.74) is 1.08. The van der Waals surface area contributed by atoms with Gasteiger partial charge in [-0.25, -0.2) is 9.97 Å². The molecule has 0 saturated carbocycles. The predicted molar refractivity (Wildman–Crippen MR) is 80.1 cm³/mol. The molecule has 1 saturated heterocycles. The fraction of sp³-hybridized carbons (Fsp3) is 0.643. The second kappa shape index (κ2) is 7.33. The topological polar surface area (TPSA) is 81.6 Å². The molecule has 1 aliphatic rings. The van der Waals surface area contributed by atoms with Crippen LogP contribution in [0, 0.1) is 0 Å². The summed E-state index contributed by atoms with van der Waals surface area (Å²) in [4.78, 5) is 23.5. The highest BCUT2D eigenvalue weighted by molar-refractivity contribution is 5.69. The van der Waals surface area contributed by atoms with Crippen molar-refractivity contribution in [3.05, 3.63) is 18.0 Å². The smallest absolute Gasteiger partial charge is 0.317 e. The van der Waals surface area contributed by atoms with Crippen LogP contribution in [0.5, 0.6) is 0 Å². The van der Waals surface area contributed by atoms with Gasteiger partial charge in [0.05, 0.1) is 6.54 Å². The number of aromatic nitrogens is 2. The number of hydrogen-bond donors (Lipinski definition) is 2. The number of hydrogen-bond acceptors (Lipinski definition) is 6. The van der Waals surface area contributed by atoms with E-state index in [1.54, 1.807) is 0 Å². The van der Waals surface area contributed by atoms with E-state index < -0.39 is 5.97 Å². The van der Waals surface area contributed by atoms with Gasteiger partial charge in [-0.3, -0.25) is 14.6 Å². The molecule has 116 valence electrons. The van der Waals surface area contributed by atoms with Crippen LogP contribution in [0.2, 0.25) is 0 Å². The van der Waals surface area contributed by atoms with Crippen molar-refractivity contribution in [2.45, 2.75) is 26.4 Å². The zero-order chi connectivity index (χ0) is 15.2. The molecule has 0 spiro atoms. The van der Waals surface area contributed by atoms with Gasteiger partial charge >= 0.3 is 5.97 Å². The number of carboxylic acid groups (broad SMARTS) is 1. The van der Waals surface area contributed by atoms with Crippen molar-refractivity contribution in [1.82, 2.24) is 19.8 Å². The average Bonchev–Trinajstić information content (AvgIpc) is 2.42. The van der Waals surface area contributed by atoms with Crippen LogP contribution in [0.25, 0.3) is 0 Å². The Bertz CT molecular complexity index is 455. The van der Waals surface area contributed by atoms with Crippen LogP contribution in [0.3, 0.4) is 0 Å². The number of aliphatic carboxylic acids is 1. The second-order valence-electron chi connectivity index (χ2n) is 5.66. The maximum absolute atomic E-state index is 10.7. The molecule has 1 fully saturated rings. The molecule has 0 aromatic carbocycles. The zero-order valence-corrected chi connectivity index (χ0v) is 12.6. The lowest BCUT2D eigenvalue weighted by molar-refractivity contribution is -0.138. The van der Waals surface area contributed by atoms with Gasteiger partial charge < -0.3 is 10.4 Å². The molecule has 0 bridgehead atoms. The van der Waals surface area contributed by atoms with Crippen LogP contribution in [-0.2, 0) is 11.3 Å². The van der Waals surface area contributed by atoms with Crippen molar-refractivity contribution in [3.8, 4) is 0 Å². The van der Waals surface area contributed by atoms with E-state index in [-0.39, 0.29) is 6.54 Å². The summed E-state index contributed by atoms with van der Waals surface area (Å²) in [7, 11) is 0. The van der Waals surface area contributed by atoms with Gasteiger partial charge in [0.1, 0.15) is 0 Å². The minimum absolute atomic E-state index is 0.131. The number of nitrogens with one attached hydrogen (secondary N) is 1. The summed E-state index contributed by atoms with van der Waals surface area (Å²) in [5.74, 6) is -0.106. The Kier molecular flexibility index (Phi) is 5.46. The van der Waals surface area contributed by atoms with E-state index in [1.165, 1.54) is 0 Å². The van der Waals surface area contributed by atoms with Crippen LogP contribution in [0.4, 0.5) is 5.95 Å². The fourth-order valence-corrected chi connectivity index (χ4v) is 2.32. The third kappa shape index (κ3) is 5.28. The maximum Gasteiger partial charge on any atom is 0.317 e. The van der Waals surface area contributed by atoms with Crippen molar-refractivity contribution in [1.29, 1.82) is 0 Å². The monoisotopic (exact) mass is 293 g/mol. The third-order valence-electron chi connectivity index (χ3n) is 3.35. The minimum atomic E-state index is -0.759. The predicted octanol–water partition coefficient (Wildman–Crippen LogP) is 0.499. The third-order valence-corrected chi connectivity index (χ3v) is 3.35. The number of rotatable bonds is 6. The van der Waals surface area contributed by atoms with E-state index in [0.717, 1.165) is 38.3 Å². The Morgan fingerprint density at radius 1 is 1.24 bits per heavy atom. The van der Waals surface area contributed by atoms with Gasteiger partial charge in [-0.15, -0.1) is 0 Å². The van der Waals surface area contributed by atoms with Gasteiger partial charge in [0.2, 0.25) is 5.95 Å². The summed E-state index contributed by atoms with van der Waals surface area (Å²) in [6.07, 6.45) is 3.70. The Morgan fingerprint density at radius 3 is 2.33 bits per heavy atom. The quantitative estimate of drug-likeness (QED) is 0.790. The van der Waals surface area contributed by atoms with Gasteiger partial charge in [0.25, 0.3) is 0 Å². The van der Waals surface area contributed by atoms with E-state index in [4.69, 9.17) is 5.11 Å². The molecule has 7 heteroatoms. The van der Waals surface area contributed by atoms with Gasteiger partial charge in [0.15, 0.2) is 0 Å². The van der Waals surface area contributed by atoms with E-state index in [2.05, 4.69) is 20.2 Å². The van der Waals surface area contributed by atoms with Crippen LogP contribution in [-0.4, -0.2) is 69.6 Å². The molecule has 1 aromatic heterocycles. The van der Waals surface area contributed by atoms with Gasteiger partial charge in [-0.2, -0.15) is 0 Å². The summed E-state index contributed by atoms with van der Waals surface area (Å²) in [6, 6.07) is 0.318. The van der Waals surface area contributed by atoms with E-state index in [1.807, 2.05) is 31.1 Å². The van der Waals surface area contributed by atoms with Crippen LogP contribution in [0.15, 0.2) is 12.4 Å². The molecule has 0 radical (unpaired) electrons. The molecule has 0 aliphatic carbocycles. The van der Waals surface area contributed by atoms with Crippen LogP contribution < -0.4 is 5.32 Å². The Labute approximate surface area is 125 Å². The zero-order valence-electron chi connectivity index (χ0n) is 12.6. The van der Waals surface area contributed by atoms with Crippen molar-refractivity contribution in [2.75, 3.05) is 38.0 Å². The first kappa shape index (κ1) is 15.7. The van der Waals surface area contributed by atoms with Crippen LogP contribution in [0.1, 0.15) is 19.4 Å². The molecule has 0 unspecified atom stereocenters. The molecular formula is C14H23N5O2. The summed E-state index contributed by atoms with van der Waals surface area (Å²) in [6.45, 7) is 8.37. The van der Waals surface area contributed by atoms with Gasteiger partial charge in [-0.1, -0.05) is 0 Å². The highest BCUT2D eigenvalue weighted by atomic mass is 16.4. The molecule has 2 N–H and O–H groups in total. The normalized spacial score (nSPS) is 17.1. The average molecular weight is 293 g/mol. The molecule has 0 atom stereocenters. The number of carbonyl (C=O) groups is 1. The highest BCUT2D eigenvalue weighted by Crippen LogP contribution is 2.08. The van der Waals surface area contributed by atoms with Crippen LogP contribution >= 0.6 is 0 Å². The SMILES string of the molecule is CC(C)Nc1ncc(CN2CCN(CC(=O)O)CC2)cn1. The lowest BCUT2D eigenvalue weighted by Crippen LogP contribution is -2.47. The van der Waals surface area contributed by atoms with Gasteiger partial charge in [0, 0.05) is 56.7 Å². The lowest BCUT2D eigenvalue weighted by Gasteiger charge is -2.33. The van der Waals surface area contributed by atoms with E-state index >= 15 is 0 Å². The Hall–Kier alpha value is -1.73. The highest BCUT2D eigenvalue weighted by Gasteiger charge is 2.18. The first-order valence-electron chi connectivity index (χ1n) is 7.27. The van der Waals surface area contributed by atoms with Gasteiger partial charge in [-0.05, 0) is 13.8 Å². The molecule has 7 nitrogen and oxygen atoms in total. The Balaban J connectivity index is 1.79. The standard InChI is InChI=1S/C14H23N5O2/c1-11(2)17-14-15-7-12(8-16-14)9-18-3-5-19(6-4-18)10-13(20)21/h7-8,11H,3-6,9-10H2,1-2H3,(H,20,21)(H,15,16,17). The summed E-state index contributed by atoms with van der Waals surface area (Å²) < 4.78 is 0. The Morgan fingerprint density at radius 2 is 1.81 bits per heavy atom. The molecule has 0 amide bonds. The van der Waals surface area contributed by atoms with Crippen molar-refractivity contribution in [3.63, 3.8) is 0 Å². The number of anilines is 1. The molecule has 2 rings (SSSR count). The molecule has 21 heavy (non-hydrogen) atoms. The number of carboxylic acids is 1. The summed E-state index contributed by atoms with van der Waals surface area (Å²) >= 11 is 0. The molecular weight excluding hydrogens is 270 g/mol. The minimum Gasteiger partial charge on any atom is -0.480 e. The van der Waals surface area contributed by atoms with Crippen molar-refractivity contribution < 1.29 is 9.90 Å². The molecule has 1 aliphatic heterocycles. The number of piperazine rings is 1. The molecule has 2 heterocycles. The largest absolute Gasteiger partial charge is 0.480 e. The van der Waals surface area contributed by atoms with E-state index in [9.17, 15) is 4.79 Å². The van der Waals surface area contributed by atoms with Crippen molar-refractivity contribution >= 4 is 11.9 Å². The maximum atomic E-state index is 10.7. The second-order valence-corrected chi connectivity index (χ2v) is 5.66. The van der Waals surface area contributed by atoms with E-state index in [0.29, 0.717) is 12.0 Å². The summed E-state index contributed by atoms with van der Waals surface area (Å²) in [5, 5.41) is 11.9. The lowest BCUT2D eigenvalue weighted by atomic mass is 10.2.